The van der Waals surface area contributed by atoms with Gasteiger partial charge in [0.2, 0.25) is 0 Å². The van der Waals surface area contributed by atoms with Crippen molar-refractivity contribution in [2.24, 2.45) is 5.92 Å². The van der Waals surface area contributed by atoms with Gasteiger partial charge in [0, 0.05) is 4.88 Å². The molecule has 0 saturated heterocycles. The van der Waals surface area contributed by atoms with Gasteiger partial charge >= 0.3 is 5.97 Å². The summed E-state index contributed by atoms with van der Waals surface area (Å²) >= 11 is 1.46. The summed E-state index contributed by atoms with van der Waals surface area (Å²) in [4.78, 5) is 40.8. The number of hydrogen-bond donors (Lipinski definition) is 2. The van der Waals surface area contributed by atoms with Crippen molar-refractivity contribution >= 4 is 34.1 Å². The standard InChI is InChI=1S/C34H42N2O6S/c1-4-6-19-40-27-14-10-8-12-24(27)31(37)36-33-30(26-17-16-23(3)22-29(26)43-33)32(38)35-18-21-42-34(39)25-13-9-11-15-28(25)41-20-7-5-2/h8-15,23H,4-7,16-22H2,1-3H3,(H,35,38)(H,36,37). The van der Waals surface area contributed by atoms with E-state index < -0.39 is 5.97 Å². The Labute approximate surface area is 258 Å². The maximum absolute atomic E-state index is 13.5. The van der Waals surface area contributed by atoms with E-state index in [2.05, 4.69) is 31.4 Å². The van der Waals surface area contributed by atoms with Gasteiger partial charge in [-0.25, -0.2) is 4.79 Å². The Bertz CT molecular complexity index is 1400. The molecule has 4 rings (SSSR count). The summed E-state index contributed by atoms with van der Waals surface area (Å²) in [6, 6.07) is 14.2. The summed E-state index contributed by atoms with van der Waals surface area (Å²) < 4.78 is 17.1. The van der Waals surface area contributed by atoms with E-state index in [0.29, 0.717) is 52.3 Å². The molecule has 0 radical (unpaired) electrons. The number of amides is 2. The minimum absolute atomic E-state index is 0.00138. The van der Waals surface area contributed by atoms with Crippen LogP contribution in [0.15, 0.2) is 48.5 Å². The van der Waals surface area contributed by atoms with Gasteiger partial charge in [-0.1, -0.05) is 57.9 Å². The summed E-state index contributed by atoms with van der Waals surface area (Å²) in [5, 5.41) is 6.43. The lowest BCUT2D eigenvalue weighted by Gasteiger charge is -2.18. The second-order valence-corrected chi connectivity index (χ2v) is 11.9. The van der Waals surface area contributed by atoms with Crippen molar-refractivity contribution in [3.05, 3.63) is 75.7 Å². The fourth-order valence-electron chi connectivity index (χ4n) is 4.92. The summed E-state index contributed by atoms with van der Waals surface area (Å²) in [5.74, 6) is 0.397. The number of nitrogens with one attached hydrogen (secondary N) is 2. The number of thiophene rings is 1. The first kappa shape index (κ1) is 32.1. The van der Waals surface area contributed by atoms with Crippen LogP contribution in [0.3, 0.4) is 0 Å². The largest absolute Gasteiger partial charge is 0.493 e. The smallest absolute Gasteiger partial charge is 0.341 e. The van der Waals surface area contributed by atoms with Gasteiger partial charge in [-0.05, 0) is 67.9 Å². The zero-order valence-electron chi connectivity index (χ0n) is 25.3. The van der Waals surface area contributed by atoms with Crippen molar-refractivity contribution < 1.29 is 28.6 Å². The van der Waals surface area contributed by atoms with E-state index in [-0.39, 0.29) is 25.0 Å². The van der Waals surface area contributed by atoms with Crippen LogP contribution in [0.2, 0.25) is 0 Å². The molecule has 0 saturated carbocycles. The van der Waals surface area contributed by atoms with Crippen molar-refractivity contribution in [2.45, 2.75) is 65.7 Å². The first-order valence-electron chi connectivity index (χ1n) is 15.3. The molecule has 43 heavy (non-hydrogen) atoms. The number of para-hydroxylation sites is 2. The third-order valence-electron chi connectivity index (χ3n) is 7.34. The minimum Gasteiger partial charge on any atom is -0.493 e. The predicted octanol–water partition coefficient (Wildman–Crippen LogP) is 7.07. The van der Waals surface area contributed by atoms with E-state index in [9.17, 15) is 14.4 Å². The second-order valence-electron chi connectivity index (χ2n) is 10.8. The highest BCUT2D eigenvalue weighted by Crippen LogP contribution is 2.40. The van der Waals surface area contributed by atoms with Gasteiger partial charge in [-0.3, -0.25) is 9.59 Å². The molecular weight excluding hydrogens is 564 g/mol. The SMILES string of the molecule is CCCCOc1ccccc1C(=O)Nc1sc2c(c1C(=O)NCCOC(=O)c1ccccc1OCCCC)CCC(C)C2. The van der Waals surface area contributed by atoms with Crippen molar-refractivity contribution in [3.8, 4) is 11.5 Å². The quantitative estimate of drug-likeness (QED) is 0.142. The number of carbonyl (C=O) groups is 3. The zero-order chi connectivity index (χ0) is 30.6. The number of benzene rings is 2. The summed E-state index contributed by atoms with van der Waals surface area (Å²) in [6.07, 6.45) is 6.38. The van der Waals surface area contributed by atoms with Crippen LogP contribution in [-0.4, -0.2) is 44.1 Å². The molecule has 2 N–H and O–H groups in total. The normalized spacial score (nSPS) is 14.0. The van der Waals surface area contributed by atoms with Crippen LogP contribution in [0.4, 0.5) is 5.00 Å². The topological polar surface area (TPSA) is 103 Å². The number of hydrogen-bond acceptors (Lipinski definition) is 7. The lowest BCUT2D eigenvalue weighted by Crippen LogP contribution is -2.30. The molecule has 0 spiro atoms. The number of ether oxygens (including phenoxy) is 3. The van der Waals surface area contributed by atoms with Crippen LogP contribution in [0, 0.1) is 5.92 Å². The molecule has 1 aliphatic carbocycles. The van der Waals surface area contributed by atoms with E-state index in [4.69, 9.17) is 14.2 Å². The molecule has 1 aliphatic rings. The molecule has 3 aromatic rings. The summed E-state index contributed by atoms with van der Waals surface area (Å²) in [5.41, 5.74) is 2.26. The molecule has 9 heteroatoms. The van der Waals surface area contributed by atoms with Gasteiger partial charge in [0.05, 0.1) is 30.9 Å². The molecule has 1 heterocycles. The highest BCUT2D eigenvalue weighted by Gasteiger charge is 2.29. The Kier molecular flexibility index (Phi) is 12.0. The van der Waals surface area contributed by atoms with E-state index in [1.165, 1.54) is 11.3 Å². The van der Waals surface area contributed by atoms with Crippen molar-refractivity contribution in [3.63, 3.8) is 0 Å². The van der Waals surface area contributed by atoms with Crippen molar-refractivity contribution in [2.75, 3.05) is 31.7 Å². The maximum atomic E-state index is 13.5. The van der Waals surface area contributed by atoms with E-state index in [1.54, 1.807) is 36.4 Å². The molecular formula is C34H42N2O6S. The Morgan fingerprint density at radius 3 is 2.16 bits per heavy atom. The molecule has 2 aromatic carbocycles. The molecule has 1 unspecified atom stereocenters. The minimum atomic E-state index is -0.504. The first-order valence-corrected chi connectivity index (χ1v) is 16.1. The number of anilines is 1. The number of rotatable bonds is 15. The monoisotopic (exact) mass is 606 g/mol. The van der Waals surface area contributed by atoms with E-state index in [1.807, 2.05) is 12.1 Å². The lowest BCUT2D eigenvalue weighted by molar-refractivity contribution is 0.0498. The Balaban J connectivity index is 1.42. The van der Waals surface area contributed by atoms with E-state index >= 15 is 0 Å². The van der Waals surface area contributed by atoms with E-state index in [0.717, 1.165) is 55.4 Å². The molecule has 230 valence electrons. The predicted molar refractivity (Wildman–Crippen MR) is 170 cm³/mol. The van der Waals surface area contributed by atoms with Gasteiger partial charge in [0.15, 0.2) is 0 Å². The maximum Gasteiger partial charge on any atom is 0.341 e. The molecule has 8 nitrogen and oxygen atoms in total. The summed E-state index contributed by atoms with van der Waals surface area (Å²) in [6.45, 7) is 7.55. The molecule has 2 amide bonds. The molecule has 0 bridgehead atoms. The van der Waals surface area contributed by atoms with Gasteiger partial charge in [-0.15, -0.1) is 11.3 Å². The molecule has 1 aromatic heterocycles. The Morgan fingerprint density at radius 2 is 1.49 bits per heavy atom. The highest BCUT2D eigenvalue weighted by molar-refractivity contribution is 7.17. The fraction of sp³-hybridized carbons (Fsp3) is 0.441. The molecule has 1 atom stereocenters. The molecule has 0 fully saturated rings. The van der Waals surface area contributed by atoms with Gasteiger partial charge < -0.3 is 24.8 Å². The zero-order valence-corrected chi connectivity index (χ0v) is 26.1. The number of esters is 1. The third kappa shape index (κ3) is 8.60. The van der Waals surface area contributed by atoms with Crippen LogP contribution < -0.4 is 20.1 Å². The van der Waals surface area contributed by atoms with Gasteiger partial charge in [-0.2, -0.15) is 0 Å². The van der Waals surface area contributed by atoms with Gasteiger partial charge in [0.25, 0.3) is 11.8 Å². The van der Waals surface area contributed by atoms with Crippen LogP contribution in [-0.2, 0) is 17.6 Å². The average Bonchev–Trinajstić information content (AvgIpc) is 3.36. The first-order chi connectivity index (χ1) is 20.9. The van der Waals surface area contributed by atoms with Crippen LogP contribution >= 0.6 is 11.3 Å². The fourth-order valence-corrected chi connectivity index (χ4v) is 6.32. The van der Waals surface area contributed by atoms with Crippen LogP contribution in [0.5, 0.6) is 11.5 Å². The number of carbonyl (C=O) groups excluding carboxylic acids is 3. The van der Waals surface area contributed by atoms with Crippen LogP contribution in [0.1, 0.15) is 94.4 Å². The number of fused-ring (bicyclic) bond motifs is 1. The highest BCUT2D eigenvalue weighted by atomic mass is 32.1. The Hall–Kier alpha value is -3.85. The lowest BCUT2D eigenvalue weighted by atomic mass is 9.88. The molecule has 0 aliphatic heterocycles. The Morgan fingerprint density at radius 1 is 0.860 bits per heavy atom. The van der Waals surface area contributed by atoms with Crippen LogP contribution in [0.25, 0.3) is 0 Å². The summed E-state index contributed by atoms with van der Waals surface area (Å²) in [7, 11) is 0. The second kappa shape index (κ2) is 16.1. The number of unbranched alkanes of at least 4 members (excludes halogenated alkanes) is 2. The van der Waals surface area contributed by atoms with Crippen molar-refractivity contribution in [1.82, 2.24) is 5.32 Å². The third-order valence-corrected chi connectivity index (χ3v) is 8.51. The van der Waals surface area contributed by atoms with Gasteiger partial charge in [0.1, 0.15) is 28.7 Å². The average molecular weight is 607 g/mol. The van der Waals surface area contributed by atoms with Crippen molar-refractivity contribution in [1.29, 1.82) is 0 Å².